The van der Waals surface area contributed by atoms with Crippen molar-refractivity contribution in [2.75, 3.05) is 19.8 Å². The van der Waals surface area contributed by atoms with Crippen LogP contribution >= 0.6 is 0 Å². The van der Waals surface area contributed by atoms with Gasteiger partial charge in [0.25, 0.3) is 0 Å². The van der Waals surface area contributed by atoms with Crippen LogP contribution in [0.2, 0.25) is 0 Å². The van der Waals surface area contributed by atoms with Gasteiger partial charge in [-0.05, 0) is 24.3 Å². The van der Waals surface area contributed by atoms with Crippen LogP contribution in [0.5, 0.6) is 11.5 Å². The molecule has 0 saturated heterocycles. The zero-order valence-corrected chi connectivity index (χ0v) is 11.8. The van der Waals surface area contributed by atoms with E-state index in [0.717, 1.165) is 17.7 Å². The summed E-state index contributed by atoms with van der Waals surface area (Å²) in [7, 11) is 0. The highest BCUT2D eigenvalue weighted by atomic mass is 19.4. The molecule has 3 rings (SSSR count). The van der Waals surface area contributed by atoms with Crippen LogP contribution in [-0.4, -0.2) is 31.8 Å². The van der Waals surface area contributed by atoms with Gasteiger partial charge in [-0.2, -0.15) is 13.2 Å². The molecule has 7 heteroatoms. The van der Waals surface area contributed by atoms with Crippen LogP contribution in [0.15, 0.2) is 18.2 Å². The van der Waals surface area contributed by atoms with Crippen LogP contribution in [0, 0.1) is 5.92 Å². The van der Waals surface area contributed by atoms with Gasteiger partial charge in [0, 0.05) is 12.1 Å². The Morgan fingerprint density at radius 1 is 1.27 bits per heavy atom. The first kappa shape index (κ1) is 15.0. The molecule has 1 amide bonds. The Bertz CT molecular complexity index is 574. The highest BCUT2D eigenvalue weighted by Gasteiger charge is 2.41. The van der Waals surface area contributed by atoms with Crippen molar-refractivity contribution in [3.05, 3.63) is 23.8 Å². The third-order valence-electron chi connectivity index (χ3n) is 3.84. The molecule has 2 atom stereocenters. The molecule has 1 heterocycles. The third kappa shape index (κ3) is 3.45. The molecule has 22 heavy (non-hydrogen) atoms. The van der Waals surface area contributed by atoms with E-state index >= 15 is 0 Å². The summed E-state index contributed by atoms with van der Waals surface area (Å²) < 4.78 is 47.4. The fourth-order valence-corrected chi connectivity index (χ4v) is 2.73. The maximum Gasteiger partial charge on any atom is 0.397 e. The van der Waals surface area contributed by atoms with Gasteiger partial charge in [0.2, 0.25) is 5.91 Å². The number of halogens is 3. The van der Waals surface area contributed by atoms with Crippen molar-refractivity contribution in [1.82, 2.24) is 5.32 Å². The van der Waals surface area contributed by atoms with E-state index in [9.17, 15) is 18.0 Å². The second kappa shape index (κ2) is 5.70. The van der Waals surface area contributed by atoms with E-state index in [0.29, 0.717) is 19.0 Å². The standard InChI is InChI=1S/C15H16F3NO3/c16-15(17,18)7-13(20)19-8-9-6-11(9)10-2-1-3-12-14(10)22-5-4-21-12/h1-3,9,11H,4-8H2,(H,19,20). The van der Waals surface area contributed by atoms with Gasteiger partial charge in [-0.1, -0.05) is 12.1 Å². The Kier molecular flexibility index (Phi) is 3.88. The molecule has 1 aromatic carbocycles. The zero-order valence-electron chi connectivity index (χ0n) is 11.8. The number of hydrogen-bond acceptors (Lipinski definition) is 3. The number of carbonyl (C=O) groups excluding carboxylic acids is 1. The molecule has 0 aromatic heterocycles. The monoisotopic (exact) mass is 315 g/mol. The molecule has 1 saturated carbocycles. The summed E-state index contributed by atoms with van der Waals surface area (Å²) in [6.07, 6.45) is -5.06. The van der Waals surface area contributed by atoms with Crippen LogP contribution < -0.4 is 14.8 Å². The Morgan fingerprint density at radius 2 is 2.05 bits per heavy atom. The third-order valence-corrected chi connectivity index (χ3v) is 3.84. The van der Waals surface area contributed by atoms with Crippen molar-refractivity contribution in [2.24, 2.45) is 5.92 Å². The molecule has 1 fully saturated rings. The molecular formula is C15H16F3NO3. The average molecular weight is 315 g/mol. The topological polar surface area (TPSA) is 47.6 Å². The number of nitrogens with one attached hydrogen (secondary N) is 1. The van der Waals surface area contributed by atoms with E-state index in [1.165, 1.54) is 0 Å². The lowest BCUT2D eigenvalue weighted by atomic mass is 10.1. The highest BCUT2D eigenvalue weighted by Crippen LogP contribution is 2.52. The smallest absolute Gasteiger partial charge is 0.397 e. The predicted molar refractivity (Wildman–Crippen MR) is 72.0 cm³/mol. The lowest BCUT2D eigenvalue weighted by Gasteiger charge is -2.21. The number of carbonyl (C=O) groups is 1. The molecule has 2 aliphatic rings. The maximum absolute atomic E-state index is 12.1. The summed E-state index contributed by atoms with van der Waals surface area (Å²) in [5.41, 5.74) is 1.01. The summed E-state index contributed by atoms with van der Waals surface area (Å²) in [6.45, 7) is 1.26. The second-order valence-corrected chi connectivity index (χ2v) is 5.57. The summed E-state index contributed by atoms with van der Waals surface area (Å²) >= 11 is 0. The molecule has 1 aromatic rings. The van der Waals surface area contributed by atoms with E-state index in [1.807, 2.05) is 18.2 Å². The molecule has 0 spiro atoms. The maximum atomic E-state index is 12.1. The molecule has 120 valence electrons. The molecule has 1 aliphatic heterocycles. The van der Waals surface area contributed by atoms with Crippen molar-refractivity contribution in [3.8, 4) is 11.5 Å². The van der Waals surface area contributed by atoms with Gasteiger partial charge in [0.1, 0.15) is 19.6 Å². The molecule has 1 aliphatic carbocycles. The van der Waals surface area contributed by atoms with Gasteiger partial charge < -0.3 is 14.8 Å². The number of rotatable bonds is 4. The highest BCUT2D eigenvalue weighted by molar-refractivity contribution is 5.76. The van der Waals surface area contributed by atoms with Crippen LogP contribution in [0.1, 0.15) is 24.3 Å². The largest absolute Gasteiger partial charge is 0.486 e. The lowest BCUT2D eigenvalue weighted by molar-refractivity contribution is -0.153. The van der Waals surface area contributed by atoms with Gasteiger partial charge >= 0.3 is 6.18 Å². The fraction of sp³-hybridized carbons (Fsp3) is 0.533. The van der Waals surface area contributed by atoms with Gasteiger partial charge in [-0.3, -0.25) is 4.79 Å². The number of fused-ring (bicyclic) bond motifs is 1. The average Bonchev–Trinajstić information content (AvgIpc) is 3.22. The van der Waals surface area contributed by atoms with E-state index in [2.05, 4.69) is 5.32 Å². The molecular weight excluding hydrogens is 299 g/mol. The molecule has 4 nitrogen and oxygen atoms in total. The normalized spacial score (nSPS) is 23.0. The molecule has 0 bridgehead atoms. The number of benzene rings is 1. The van der Waals surface area contributed by atoms with E-state index < -0.39 is 18.5 Å². The summed E-state index contributed by atoms with van der Waals surface area (Å²) in [4.78, 5) is 11.2. The first-order valence-corrected chi connectivity index (χ1v) is 7.16. The molecule has 1 N–H and O–H groups in total. The first-order valence-electron chi connectivity index (χ1n) is 7.16. The fourth-order valence-electron chi connectivity index (χ4n) is 2.73. The van der Waals surface area contributed by atoms with Gasteiger partial charge in [0.15, 0.2) is 11.5 Å². The molecule has 0 radical (unpaired) electrons. The van der Waals surface area contributed by atoms with Crippen LogP contribution in [0.3, 0.4) is 0 Å². The minimum atomic E-state index is -4.46. The van der Waals surface area contributed by atoms with Gasteiger partial charge in [-0.25, -0.2) is 0 Å². The van der Waals surface area contributed by atoms with Crippen LogP contribution in [0.25, 0.3) is 0 Å². The van der Waals surface area contributed by atoms with Crippen LogP contribution in [-0.2, 0) is 4.79 Å². The van der Waals surface area contributed by atoms with Crippen LogP contribution in [0.4, 0.5) is 13.2 Å². The Hall–Kier alpha value is -1.92. The minimum Gasteiger partial charge on any atom is -0.486 e. The predicted octanol–water partition coefficient (Wildman–Crippen LogP) is 2.63. The first-order chi connectivity index (χ1) is 10.4. The Labute approximate surface area is 125 Å². The number of para-hydroxylation sites is 1. The van der Waals surface area contributed by atoms with Gasteiger partial charge in [0.05, 0.1) is 0 Å². The molecule has 2 unspecified atom stereocenters. The number of amides is 1. The quantitative estimate of drug-likeness (QED) is 0.929. The lowest BCUT2D eigenvalue weighted by Crippen LogP contribution is -2.30. The number of hydrogen-bond donors (Lipinski definition) is 1. The SMILES string of the molecule is O=C(CC(F)(F)F)NCC1CC1c1cccc2c1OCCO2. The van der Waals surface area contributed by atoms with E-state index in [-0.39, 0.29) is 18.4 Å². The van der Waals surface area contributed by atoms with Crippen molar-refractivity contribution < 1.29 is 27.4 Å². The zero-order chi connectivity index (χ0) is 15.7. The van der Waals surface area contributed by atoms with Crippen molar-refractivity contribution in [2.45, 2.75) is 24.9 Å². The summed E-state index contributed by atoms with van der Waals surface area (Å²) in [5, 5.41) is 2.35. The Balaban J connectivity index is 1.56. The minimum absolute atomic E-state index is 0.147. The van der Waals surface area contributed by atoms with Crippen molar-refractivity contribution >= 4 is 5.91 Å². The second-order valence-electron chi connectivity index (χ2n) is 5.57. The van der Waals surface area contributed by atoms with E-state index in [4.69, 9.17) is 9.47 Å². The van der Waals surface area contributed by atoms with Crippen molar-refractivity contribution in [1.29, 1.82) is 0 Å². The summed E-state index contributed by atoms with van der Waals surface area (Å²) in [5.74, 6) is 0.795. The summed E-state index contributed by atoms with van der Waals surface area (Å²) in [6, 6.07) is 5.65. The number of ether oxygens (including phenoxy) is 2. The Morgan fingerprint density at radius 3 is 2.82 bits per heavy atom. The number of alkyl halides is 3. The van der Waals surface area contributed by atoms with Gasteiger partial charge in [-0.15, -0.1) is 0 Å². The van der Waals surface area contributed by atoms with E-state index in [1.54, 1.807) is 0 Å². The van der Waals surface area contributed by atoms with Crippen molar-refractivity contribution in [3.63, 3.8) is 0 Å².